The quantitative estimate of drug-likeness (QED) is 0.792. The molecule has 1 aromatic rings. The van der Waals surface area contributed by atoms with E-state index in [1.54, 1.807) is 7.11 Å². The lowest BCUT2D eigenvalue weighted by Gasteiger charge is -2.22. The van der Waals surface area contributed by atoms with Gasteiger partial charge in [0.25, 0.3) is 0 Å². The van der Waals surface area contributed by atoms with E-state index in [1.807, 2.05) is 0 Å². The summed E-state index contributed by atoms with van der Waals surface area (Å²) in [6, 6.07) is 8.60. The molecule has 0 saturated heterocycles. The third-order valence-corrected chi connectivity index (χ3v) is 4.19. The lowest BCUT2D eigenvalue weighted by atomic mass is 9.87. The topological polar surface area (TPSA) is 21.3 Å². The zero-order valence-electron chi connectivity index (χ0n) is 12.2. The molecule has 0 atom stereocenters. The zero-order chi connectivity index (χ0) is 13.3. The molecular formula is C17H27NO. The van der Waals surface area contributed by atoms with Crippen molar-refractivity contribution in [2.45, 2.75) is 44.9 Å². The van der Waals surface area contributed by atoms with Crippen LogP contribution in [0.1, 0.15) is 44.1 Å². The summed E-state index contributed by atoms with van der Waals surface area (Å²) >= 11 is 0. The van der Waals surface area contributed by atoms with Crippen LogP contribution in [0.5, 0.6) is 0 Å². The molecule has 1 aliphatic carbocycles. The lowest BCUT2D eigenvalue weighted by molar-refractivity contribution is 0.202. The number of benzene rings is 1. The Morgan fingerprint density at radius 3 is 2.74 bits per heavy atom. The molecule has 2 nitrogen and oxygen atoms in total. The maximum atomic E-state index is 5.17. The third kappa shape index (κ3) is 4.87. The minimum atomic E-state index is 0.793. The minimum Gasteiger partial charge on any atom is -0.385 e. The van der Waals surface area contributed by atoms with E-state index < -0.39 is 0 Å². The van der Waals surface area contributed by atoms with Crippen molar-refractivity contribution in [3.8, 4) is 0 Å². The Morgan fingerprint density at radius 2 is 1.95 bits per heavy atom. The van der Waals surface area contributed by atoms with Gasteiger partial charge in [-0.15, -0.1) is 0 Å². The lowest BCUT2D eigenvalue weighted by Crippen LogP contribution is -2.13. The number of hydrogen-bond donors (Lipinski definition) is 1. The van der Waals surface area contributed by atoms with E-state index in [1.165, 1.54) is 49.8 Å². The van der Waals surface area contributed by atoms with Crippen LogP contribution < -0.4 is 5.32 Å². The second kappa shape index (κ2) is 8.21. The van der Waals surface area contributed by atoms with Crippen LogP contribution >= 0.6 is 0 Å². The first-order chi connectivity index (χ1) is 9.40. The van der Waals surface area contributed by atoms with E-state index in [9.17, 15) is 0 Å². The van der Waals surface area contributed by atoms with Crippen LogP contribution in [0.15, 0.2) is 24.3 Å². The van der Waals surface area contributed by atoms with Gasteiger partial charge in [0.05, 0.1) is 6.61 Å². The monoisotopic (exact) mass is 261 g/mol. The number of para-hydroxylation sites is 1. The van der Waals surface area contributed by atoms with Gasteiger partial charge in [0.2, 0.25) is 0 Å². The van der Waals surface area contributed by atoms with Crippen LogP contribution in [-0.2, 0) is 11.2 Å². The molecule has 0 unspecified atom stereocenters. The molecule has 0 bridgehead atoms. The molecule has 2 rings (SSSR count). The van der Waals surface area contributed by atoms with Crippen LogP contribution in [0.3, 0.4) is 0 Å². The van der Waals surface area contributed by atoms with Crippen molar-refractivity contribution in [2.75, 3.05) is 25.6 Å². The van der Waals surface area contributed by atoms with Gasteiger partial charge in [0, 0.05) is 19.3 Å². The molecule has 1 saturated carbocycles. The van der Waals surface area contributed by atoms with Gasteiger partial charge in [0.1, 0.15) is 0 Å². The molecule has 0 spiro atoms. The summed E-state index contributed by atoms with van der Waals surface area (Å²) in [5.41, 5.74) is 2.66. The molecule has 1 aromatic carbocycles. The molecule has 0 amide bonds. The molecular weight excluding hydrogens is 234 g/mol. The Labute approximate surface area is 117 Å². The van der Waals surface area contributed by atoms with Crippen molar-refractivity contribution in [1.29, 1.82) is 0 Å². The van der Waals surface area contributed by atoms with E-state index in [-0.39, 0.29) is 0 Å². The number of rotatable bonds is 7. The minimum absolute atomic E-state index is 0.793. The van der Waals surface area contributed by atoms with Crippen molar-refractivity contribution in [3.05, 3.63) is 29.8 Å². The SMILES string of the molecule is COCCc1ccccc1NCCC1CCCCC1. The Bertz CT molecular complexity index is 358. The fraction of sp³-hybridized carbons (Fsp3) is 0.647. The van der Waals surface area contributed by atoms with Crippen molar-refractivity contribution < 1.29 is 4.74 Å². The molecule has 0 aromatic heterocycles. The van der Waals surface area contributed by atoms with Crippen molar-refractivity contribution >= 4 is 5.69 Å². The molecule has 106 valence electrons. The normalized spacial score (nSPS) is 16.5. The predicted octanol–water partition coefficient (Wildman–Crippen LogP) is 4.26. The average Bonchev–Trinajstić information content (AvgIpc) is 2.47. The highest BCUT2D eigenvalue weighted by Crippen LogP contribution is 2.26. The molecule has 0 aliphatic heterocycles. The number of ether oxygens (including phenoxy) is 1. The Kier molecular flexibility index (Phi) is 6.22. The second-order valence-electron chi connectivity index (χ2n) is 5.62. The number of nitrogens with one attached hydrogen (secondary N) is 1. The van der Waals surface area contributed by atoms with Crippen LogP contribution in [0, 0.1) is 5.92 Å². The third-order valence-electron chi connectivity index (χ3n) is 4.19. The number of hydrogen-bond acceptors (Lipinski definition) is 2. The van der Waals surface area contributed by atoms with Crippen molar-refractivity contribution in [1.82, 2.24) is 0 Å². The predicted molar refractivity (Wildman–Crippen MR) is 81.7 cm³/mol. The molecule has 1 aliphatic rings. The second-order valence-corrected chi connectivity index (χ2v) is 5.62. The van der Waals surface area contributed by atoms with Gasteiger partial charge in [-0.25, -0.2) is 0 Å². The summed E-state index contributed by atoms with van der Waals surface area (Å²) in [5.74, 6) is 0.951. The van der Waals surface area contributed by atoms with E-state index >= 15 is 0 Å². The van der Waals surface area contributed by atoms with Gasteiger partial charge in [-0.1, -0.05) is 50.3 Å². The highest BCUT2D eigenvalue weighted by atomic mass is 16.5. The fourth-order valence-corrected chi connectivity index (χ4v) is 3.01. The summed E-state index contributed by atoms with van der Waals surface area (Å²) in [6.45, 7) is 1.90. The van der Waals surface area contributed by atoms with Crippen LogP contribution in [0.2, 0.25) is 0 Å². The molecule has 0 heterocycles. The van der Waals surface area contributed by atoms with Gasteiger partial charge in [-0.3, -0.25) is 0 Å². The van der Waals surface area contributed by atoms with Crippen molar-refractivity contribution in [3.63, 3.8) is 0 Å². The fourth-order valence-electron chi connectivity index (χ4n) is 3.01. The highest BCUT2D eigenvalue weighted by molar-refractivity contribution is 5.51. The number of anilines is 1. The Morgan fingerprint density at radius 1 is 1.16 bits per heavy atom. The largest absolute Gasteiger partial charge is 0.385 e. The van der Waals surface area contributed by atoms with Gasteiger partial charge in [-0.2, -0.15) is 0 Å². The maximum absolute atomic E-state index is 5.17. The first kappa shape index (κ1) is 14.4. The highest BCUT2D eigenvalue weighted by Gasteiger charge is 2.12. The molecule has 19 heavy (non-hydrogen) atoms. The molecule has 1 fully saturated rings. The first-order valence-corrected chi connectivity index (χ1v) is 7.71. The first-order valence-electron chi connectivity index (χ1n) is 7.71. The Balaban J connectivity index is 1.77. The summed E-state index contributed by atoms with van der Waals surface area (Å²) in [6.07, 6.45) is 9.51. The summed E-state index contributed by atoms with van der Waals surface area (Å²) in [5, 5.41) is 3.61. The van der Waals surface area contributed by atoms with E-state index in [2.05, 4.69) is 29.6 Å². The van der Waals surface area contributed by atoms with Crippen LogP contribution in [0.25, 0.3) is 0 Å². The summed E-state index contributed by atoms with van der Waals surface area (Å²) in [7, 11) is 1.76. The molecule has 0 radical (unpaired) electrons. The van der Waals surface area contributed by atoms with E-state index in [0.717, 1.165) is 25.5 Å². The van der Waals surface area contributed by atoms with Gasteiger partial charge in [0.15, 0.2) is 0 Å². The Hall–Kier alpha value is -1.02. The van der Waals surface area contributed by atoms with Gasteiger partial charge in [-0.05, 0) is 30.4 Å². The van der Waals surface area contributed by atoms with Gasteiger partial charge >= 0.3 is 0 Å². The maximum Gasteiger partial charge on any atom is 0.0503 e. The summed E-state index contributed by atoms with van der Waals surface area (Å²) in [4.78, 5) is 0. The van der Waals surface area contributed by atoms with Gasteiger partial charge < -0.3 is 10.1 Å². The standard InChI is InChI=1S/C17H27NO/c1-19-14-12-16-9-5-6-10-17(16)18-13-11-15-7-3-2-4-8-15/h5-6,9-10,15,18H,2-4,7-8,11-14H2,1H3. The molecule has 2 heteroatoms. The van der Waals surface area contributed by atoms with E-state index in [4.69, 9.17) is 4.74 Å². The number of methoxy groups -OCH3 is 1. The molecule has 1 N–H and O–H groups in total. The van der Waals surface area contributed by atoms with Crippen molar-refractivity contribution in [2.24, 2.45) is 5.92 Å². The smallest absolute Gasteiger partial charge is 0.0503 e. The summed E-state index contributed by atoms with van der Waals surface area (Å²) < 4.78 is 5.17. The zero-order valence-corrected chi connectivity index (χ0v) is 12.2. The van der Waals surface area contributed by atoms with E-state index in [0.29, 0.717) is 0 Å². The average molecular weight is 261 g/mol. The van der Waals surface area contributed by atoms with Crippen LogP contribution in [0.4, 0.5) is 5.69 Å². The van der Waals surface area contributed by atoms with Crippen LogP contribution in [-0.4, -0.2) is 20.3 Å².